The number of hydrogen-bond donors (Lipinski definition) is 1. The van der Waals surface area contributed by atoms with Gasteiger partial charge in [-0.05, 0) is 25.6 Å². The number of nitrogens with one attached hydrogen (secondary N) is 1. The van der Waals surface area contributed by atoms with Gasteiger partial charge in [0.1, 0.15) is 0 Å². The molecule has 0 bridgehead atoms. The average Bonchev–Trinajstić information content (AvgIpc) is 2.67. The molecule has 1 N–H and O–H groups in total. The molecular formula is C10H12N4O. The van der Waals surface area contributed by atoms with Crippen LogP contribution in [0.15, 0.2) is 22.9 Å². The Balaban J connectivity index is 2.29. The van der Waals surface area contributed by atoms with E-state index in [1.165, 1.54) is 0 Å². The highest BCUT2D eigenvalue weighted by atomic mass is 16.4. The van der Waals surface area contributed by atoms with Gasteiger partial charge in [0.25, 0.3) is 0 Å². The van der Waals surface area contributed by atoms with Crippen LogP contribution in [0.25, 0.3) is 11.5 Å². The van der Waals surface area contributed by atoms with Crippen molar-refractivity contribution >= 4 is 0 Å². The smallest absolute Gasteiger partial charge is 0.249 e. The minimum atomic E-state index is 0.511. The van der Waals surface area contributed by atoms with Crippen LogP contribution in [-0.4, -0.2) is 22.2 Å². The Kier molecular flexibility index (Phi) is 2.73. The van der Waals surface area contributed by atoms with Gasteiger partial charge >= 0.3 is 0 Å². The number of hydrogen-bond acceptors (Lipinski definition) is 5. The third kappa shape index (κ3) is 2.19. The molecule has 0 aromatic carbocycles. The molecule has 2 aromatic heterocycles. The largest absolute Gasteiger partial charge is 0.419 e. The minimum absolute atomic E-state index is 0.511. The van der Waals surface area contributed by atoms with Crippen LogP contribution in [0.2, 0.25) is 0 Å². The maximum atomic E-state index is 5.44. The summed E-state index contributed by atoms with van der Waals surface area (Å²) in [5, 5.41) is 10.8. The van der Waals surface area contributed by atoms with Gasteiger partial charge in [0.05, 0.1) is 12.1 Å². The van der Waals surface area contributed by atoms with Gasteiger partial charge in [0.15, 0.2) is 0 Å². The number of rotatable bonds is 3. The number of aromatic nitrogens is 3. The minimum Gasteiger partial charge on any atom is -0.419 e. The lowest BCUT2D eigenvalue weighted by Gasteiger charge is -1.95. The van der Waals surface area contributed by atoms with Crippen molar-refractivity contribution in [2.45, 2.75) is 13.5 Å². The van der Waals surface area contributed by atoms with Crippen LogP contribution >= 0.6 is 0 Å². The summed E-state index contributed by atoms with van der Waals surface area (Å²) >= 11 is 0. The zero-order chi connectivity index (χ0) is 10.7. The van der Waals surface area contributed by atoms with Gasteiger partial charge in [0, 0.05) is 12.4 Å². The van der Waals surface area contributed by atoms with E-state index in [0.717, 1.165) is 11.1 Å². The molecule has 0 unspecified atom stereocenters. The summed E-state index contributed by atoms with van der Waals surface area (Å²) in [6.45, 7) is 2.55. The van der Waals surface area contributed by atoms with E-state index < -0.39 is 0 Å². The Morgan fingerprint density at radius 3 is 2.93 bits per heavy atom. The van der Waals surface area contributed by atoms with Crippen molar-refractivity contribution < 1.29 is 4.42 Å². The normalized spacial score (nSPS) is 10.5. The Hall–Kier alpha value is -1.75. The van der Waals surface area contributed by atoms with Crippen molar-refractivity contribution in [1.82, 2.24) is 20.5 Å². The van der Waals surface area contributed by atoms with Gasteiger partial charge in [-0.15, -0.1) is 10.2 Å². The molecule has 2 rings (SSSR count). The summed E-state index contributed by atoms with van der Waals surface area (Å²) < 4.78 is 5.44. The maximum absolute atomic E-state index is 5.44. The van der Waals surface area contributed by atoms with Crippen LogP contribution in [-0.2, 0) is 6.54 Å². The molecule has 0 atom stereocenters. The van der Waals surface area contributed by atoms with Crippen molar-refractivity contribution in [2.75, 3.05) is 7.05 Å². The molecule has 0 aliphatic heterocycles. The lowest BCUT2D eigenvalue weighted by atomic mass is 10.2. The van der Waals surface area contributed by atoms with E-state index in [1.54, 1.807) is 12.4 Å². The maximum Gasteiger partial charge on any atom is 0.249 e. The first-order chi connectivity index (χ1) is 7.29. The molecule has 0 saturated carbocycles. The van der Waals surface area contributed by atoms with Gasteiger partial charge in [0.2, 0.25) is 11.8 Å². The third-order valence-corrected chi connectivity index (χ3v) is 1.92. The van der Waals surface area contributed by atoms with Gasteiger partial charge in [-0.1, -0.05) is 0 Å². The quantitative estimate of drug-likeness (QED) is 0.812. The molecule has 0 radical (unpaired) electrons. The predicted octanol–water partition coefficient (Wildman–Crippen LogP) is 1.16. The van der Waals surface area contributed by atoms with Gasteiger partial charge in [-0.25, -0.2) is 0 Å². The number of nitrogens with zero attached hydrogens (tertiary/aromatic N) is 3. The molecule has 0 saturated heterocycles. The Morgan fingerprint density at radius 1 is 1.33 bits per heavy atom. The van der Waals surface area contributed by atoms with Gasteiger partial charge < -0.3 is 9.73 Å². The average molecular weight is 204 g/mol. The summed E-state index contributed by atoms with van der Waals surface area (Å²) in [6.07, 6.45) is 3.50. The van der Waals surface area contributed by atoms with Crippen molar-refractivity contribution in [2.24, 2.45) is 0 Å². The first kappa shape index (κ1) is 9.79. The second-order valence-electron chi connectivity index (χ2n) is 3.28. The van der Waals surface area contributed by atoms with Crippen LogP contribution in [0.3, 0.4) is 0 Å². The molecule has 2 aromatic rings. The van der Waals surface area contributed by atoms with Gasteiger partial charge in [-0.2, -0.15) is 0 Å². The highest BCUT2D eigenvalue weighted by Gasteiger charge is 2.07. The van der Waals surface area contributed by atoms with Crippen LogP contribution in [0.1, 0.15) is 11.5 Å². The monoisotopic (exact) mass is 204 g/mol. The highest BCUT2D eigenvalue weighted by molar-refractivity contribution is 5.51. The molecule has 0 spiro atoms. The lowest BCUT2D eigenvalue weighted by molar-refractivity contribution is 0.490. The van der Waals surface area contributed by atoms with Crippen LogP contribution in [0, 0.1) is 6.92 Å². The third-order valence-electron chi connectivity index (χ3n) is 1.92. The van der Waals surface area contributed by atoms with E-state index in [0.29, 0.717) is 18.3 Å². The lowest BCUT2D eigenvalue weighted by Crippen LogP contribution is -2.04. The SMILES string of the molecule is CNCc1nnc(-c2cncc(C)c2)o1. The zero-order valence-corrected chi connectivity index (χ0v) is 8.69. The Bertz CT molecular complexity index is 452. The summed E-state index contributed by atoms with van der Waals surface area (Å²) in [7, 11) is 1.83. The van der Waals surface area contributed by atoms with Crippen LogP contribution < -0.4 is 5.32 Å². The summed E-state index contributed by atoms with van der Waals surface area (Å²) in [6, 6.07) is 1.96. The number of aryl methyl sites for hydroxylation is 1. The molecule has 2 heterocycles. The zero-order valence-electron chi connectivity index (χ0n) is 8.69. The van der Waals surface area contributed by atoms with E-state index in [4.69, 9.17) is 4.42 Å². The standard InChI is InChI=1S/C10H12N4O/c1-7-3-8(5-12-4-7)10-14-13-9(15-10)6-11-2/h3-5,11H,6H2,1-2H3. The molecule has 0 aliphatic carbocycles. The van der Waals surface area contributed by atoms with E-state index in [1.807, 2.05) is 20.0 Å². The molecule has 5 nitrogen and oxygen atoms in total. The fourth-order valence-corrected chi connectivity index (χ4v) is 1.26. The van der Waals surface area contributed by atoms with Crippen molar-refractivity contribution in [1.29, 1.82) is 0 Å². The topological polar surface area (TPSA) is 63.8 Å². The van der Waals surface area contributed by atoms with Crippen LogP contribution in [0.5, 0.6) is 0 Å². The predicted molar refractivity (Wildman–Crippen MR) is 55.0 cm³/mol. The Labute approximate surface area is 87.6 Å². The highest BCUT2D eigenvalue weighted by Crippen LogP contribution is 2.17. The second-order valence-corrected chi connectivity index (χ2v) is 3.28. The molecule has 78 valence electrons. The fourth-order valence-electron chi connectivity index (χ4n) is 1.26. The van der Waals surface area contributed by atoms with E-state index in [-0.39, 0.29) is 0 Å². The second kappa shape index (κ2) is 4.18. The molecule has 0 aliphatic rings. The van der Waals surface area contributed by atoms with Crippen molar-refractivity contribution in [3.05, 3.63) is 29.9 Å². The Morgan fingerprint density at radius 2 is 2.20 bits per heavy atom. The van der Waals surface area contributed by atoms with E-state index in [2.05, 4.69) is 20.5 Å². The van der Waals surface area contributed by atoms with Crippen LogP contribution in [0.4, 0.5) is 0 Å². The molecule has 0 fully saturated rings. The first-order valence-electron chi connectivity index (χ1n) is 4.68. The fraction of sp³-hybridized carbons (Fsp3) is 0.300. The van der Waals surface area contributed by atoms with Gasteiger partial charge in [-0.3, -0.25) is 4.98 Å². The summed E-state index contributed by atoms with van der Waals surface area (Å²) in [5.74, 6) is 1.09. The molecule has 15 heavy (non-hydrogen) atoms. The first-order valence-corrected chi connectivity index (χ1v) is 4.68. The molecule has 0 amide bonds. The number of pyridine rings is 1. The van der Waals surface area contributed by atoms with Crippen molar-refractivity contribution in [3.8, 4) is 11.5 Å². The summed E-state index contributed by atoms with van der Waals surface area (Å²) in [4.78, 5) is 4.07. The van der Waals surface area contributed by atoms with Crippen molar-refractivity contribution in [3.63, 3.8) is 0 Å². The molecular weight excluding hydrogens is 192 g/mol. The van der Waals surface area contributed by atoms with E-state index in [9.17, 15) is 0 Å². The van der Waals surface area contributed by atoms with E-state index >= 15 is 0 Å². The summed E-state index contributed by atoms with van der Waals surface area (Å²) in [5.41, 5.74) is 1.92. The molecule has 5 heteroatoms.